The number of benzene rings is 3. The predicted octanol–water partition coefficient (Wildman–Crippen LogP) is 20.9. The zero-order chi connectivity index (χ0) is 71.1. The van der Waals surface area contributed by atoms with Crippen molar-refractivity contribution in [3.8, 4) is 0 Å². The molecule has 0 saturated heterocycles. The van der Waals surface area contributed by atoms with Gasteiger partial charge in [-0.2, -0.15) is 0 Å². The summed E-state index contributed by atoms with van der Waals surface area (Å²) in [5.41, 5.74) is 4.85. The maximum absolute atomic E-state index is 13.5. The van der Waals surface area contributed by atoms with Gasteiger partial charge in [0.05, 0.1) is 50.1 Å². The molecule has 5 rings (SSSR count). The van der Waals surface area contributed by atoms with E-state index in [-0.39, 0.29) is 59.6 Å². The fraction of sp³-hybridized carbons (Fsp3) is 0.627. The Hall–Kier alpha value is -6.71. The van der Waals surface area contributed by atoms with Gasteiger partial charge in [-0.05, 0) is 153 Å². The standard InChI is InChI=1S/C49H72O8.C21H36O4.C13H16O3/c1-4-5-6-14-25-41-34-35-42(45(38-41)49(53)57-40(3)55-37-24-13-21-32-47(51)44-29-18-11-19-30-44)26-15-8-7-9-22-33-48(52)56-39(2)54-36-23-12-20-31-46(50)43-27-16-10-17-28-43;1-2-3-4-8-11-17-14-15-18(19(16-17)21(24)25)12-9-6-5-7-10-13-20(22)23;1-2-15-10-6-7-11-16-13(14)12-8-4-3-5-9-12/h10-11,16-19,27-30,34,39-40,42,45H,4-9,12-15,20-26,31-33,35-38H2,1-3H3;14,18-19H,2-13,15-16H2,1H3,(H,22,23)(H,24,25);2-5,8-9H,1,6-7,10-11H2. The van der Waals surface area contributed by atoms with Gasteiger partial charge >= 0.3 is 29.8 Å². The molecule has 0 bridgehead atoms. The van der Waals surface area contributed by atoms with Crippen LogP contribution in [0.3, 0.4) is 0 Å². The van der Waals surface area contributed by atoms with Crippen molar-refractivity contribution in [3.05, 3.63) is 144 Å². The molecule has 2 N–H and O–H groups in total. The van der Waals surface area contributed by atoms with Crippen LogP contribution in [0.25, 0.3) is 0 Å². The molecule has 2 aliphatic carbocycles. The highest BCUT2D eigenvalue weighted by Crippen LogP contribution is 2.38. The van der Waals surface area contributed by atoms with Gasteiger partial charge in [-0.25, -0.2) is 4.79 Å². The van der Waals surface area contributed by atoms with Crippen LogP contribution in [-0.4, -0.2) is 90.6 Å². The van der Waals surface area contributed by atoms with Gasteiger partial charge in [0.2, 0.25) is 0 Å². The molecule has 0 aliphatic heterocycles. The van der Waals surface area contributed by atoms with Gasteiger partial charge in [0.15, 0.2) is 24.1 Å². The van der Waals surface area contributed by atoms with Crippen molar-refractivity contribution in [3.63, 3.8) is 0 Å². The van der Waals surface area contributed by atoms with Crippen LogP contribution in [0.2, 0.25) is 0 Å². The van der Waals surface area contributed by atoms with E-state index in [0.29, 0.717) is 51.3 Å². The molecule has 3 aromatic carbocycles. The van der Waals surface area contributed by atoms with Gasteiger partial charge in [-0.15, -0.1) is 0 Å². The van der Waals surface area contributed by atoms with Crippen molar-refractivity contribution in [2.45, 2.75) is 284 Å². The van der Waals surface area contributed by atoms with Crippen molar-refractivity contribution in [1.82, 2.24) is 0 Å². The van der Waals surface area contributed by atoms with Crippen LogP contribution in [0.1, 0.15) is 303 Å². The summed E-state index contributed by atoms with van der Waals surface area (Å²) in [4.78, 5) is 84.0. The summed E-state index contributed by atoms with van der Waals surface area (Å²) in [6, 6.07) is 27.8. The van der Waals surface area contributed by atoms with Crippen LogP contribution in [0.4, 0.5) is 0 Å². The number of unbranched alkanes of at least 4 members (excludes halogenated alkanes) is 19. The summed E-state index contributed by atoms with van der Waals surface area (Å²) in [5.74, 6) is -1.48. The average Bonchev–Trinajstić information content (AvgIpc) is 0.882. The molecular weight excluding hydrogens is 1240 g/mol. The number of allylic oxidation sites excluding steroid dienone is 4. The van der Waals surface area contributed by atoms with Crippen LogP contribution in [0, 0.1) is 23.7 Å². The van der Waals surface area contributed by atoms with E-state index >= 15 is 0 Å². The van der Waals surface area contributed by atoms with Gasteiger partial charge in [-0.3, -0.25) is 28.8 Å². The van der Waals surface area contributed by atoms with E-state index in [1.165, 1.54) is 68.8 Å². The monoisotopic (exact) mass is 1360 g/mol. The Balaban J connectivity index is 0.000000494. The number of carboxylic acid groups (broad SMARTS) is 2. The number of ether oxygens (including phenoxy) is 6. The number of ketones is 2. The molecule has 3 aromatic rings. The molecule has 0 amide bonds. The minimum absolute atomic E-state index is 0.144. The summed E-state index contributed by atoms with van der Waals surface area (Å²) in [6.07, 6.45) is 40.3. The van der Waals surface area contributed by atoms with Gasteiger partial charge in [-0.1, -0.05) is 225 Å². The first-order valence-electron chi connectivity index (χ1n) is 37.7. The zero-order valence-electron chi connectivity index (χ0n) is 60.5. The second-order valence-corrected chi connectivity index (χ2v) is 26.6. The molecule has 98 heavy (non-hydrogen) atoms. The number of hydrogen-bond acceptors (Lipinski definition) is 13. The number of esters is 3. The zero-order valence-corrected chi connectivity index (χ0v) is 60.5. The number of rotatable bonds is 53. The summed E-state index contributed by atoms with van der Waals surface area (Å²) in [6.45, 7) is 13.5. The number of carbonyl (C=O) groups is 7. The summed E-state index contributed by atoms with van der Waals surface area (Å²) < 4.78 is 32.9. The topological polar surface area (TPSA) is 215 Å². The van der Waals surface area contributed by atoms with Crippen LogP contribution in [-0.2, 0) is 47.6 Å². The third kappa shape index (κ3) is 41.6. The molecular formula is C83H124O15. The van der Waals surface area contributed by atoms with Gasteiger partial charge in [0.1, 0.15) is 0 Å². The largest absolute Gasteiger partial charge is 0.502 e. The maximum atomic E-state index is 13.5. The highest BCUT2D eigenvalue weighted by molar-refractivity contribution is 5.96. The van der Waals surface area contributed by atoms with Gasteiger partial charge in [0, 0.05) is 36.8 Å². The quantitative estimate of drug-likeness (QED) is 0.0102. The molecule has 6 unspecified atom stereocenters. The van der Waals surface area contributed by atoms with Crippen LogP contribution < -0.4 is 0 Å². The molecule has 0 aromatic heterocycles. The molecule has 0 radical (unpaired) electrons. The number of carboxylic acids is 2. The molecule has 0 fully saturated rings. The number of carbonyl (C=O) groups excluding carboxylic acids is 5. The molecule has 546 valence electrons. The molecule has 0 spiro atoms. The molecule has 15 heteroatoms. The first-order chi connectivity index (χ1) is 47.6. The predicted molar refractivity (Wildman–Crippen MR) is 390 cm³/mol. The smallest absolute Gasteiger partial charge is 0.338 e. The minimum atomic E-state index is -0.719. The number of hydrogen-bond donors (Lipinski definition) is 2. The summed E-state index contributed by atoms with van der Waals surface area (Å²) in [5, 5.41) is 18.2. The van der Waals surface area contributed by atoms with E-state index in [1.807, 2.05) is 78.9 Å². The van der Waals surface area contributed by atoms with Crippen LogP contribution in [0.5, 0.6) is 0 Å². The van der Waals surface area contributed by atoms with Crippen LogP contribution >= 0.6 is 0 Å². The lowest BCUT2D eigenvalue weighted by molar-refractivity contribution is -0.182. The van der Waals surface area contributed by atoms with Crippen molar-refractivity contribution < 1.29 is 72.2 Å². The van der Waals surface area contributed by atoms with Gasteiger partial charge < -0.3 is 38.6 Å². The van der Waals surface area contributed by atoms with Crippen molar-refractivity contribution in [1.29, 1.82) is 0 Å². The average molecular weight is 1360 g/mol. The molecule has 0 heterocycles. The number of aliphatic carboxylic acids is 2. The van der Waals surface area contributed by atoms with E-state index in [9.17, 15) is 38.7 Å². The van der Waals surface area contributed by atoms with E-state index < -0.39 is 24.5 Å². The third-order valence-corrected chi connectivity index (χ3v) is 18.4. The molecule has 2 aliphatic rings. The van der Waals surface area contributed by atoms with E-state index in [1.54, 1.807) is 26.0 Å². The Morgan fingerprint density at radius 1 is 0.459 bits per heavy atom. The van der Waals surface area contributed by atoms with Crippen molar-refractivity contribution in [2.24, 2.45) is 23.7 Å². The maximum Gasteiger partial charge on any atom is 0.338 e. The lowest BCUT2D eigenvalue weighted by Gasteiger charge is -2.31. The first-order valence-corrected chi connectivity index (χ1v) is 37.7. The van der Waals surface area contributed by atoms with Crippen molar-refractivity contribution in [2.75, 3.05) is 26.4 Å². The van der Waals surface area contributed by atoms with Gasteiger partial charge in [0.25, 0.3) is 0 Å². The summed E-state index contributed by atoms with van der Waals surface area (Å²) >= 11 is 0. The molecule has 6 atom stereocenters. The number of Topliss-reactive ketones (excluding diaryl/α,β-unsaturated/α-hetero) is 2. The lowest BCUT2D eigenvalue weighted by atomic mass is 9.76. The Morgan fingerprint density at radius 2 is 0.867 bits per heavy atom. The SMILES string of the molecule is C=COCCCCOC(=O)c1ccccc1.CCCCCCC1=CCC(CCCCCCCC(=O)O)C(C(=O)O)C1.CCCCCCC1=CCC(CCCCCCCC(=O)OC(C)OCCCCCC(=O)c2ccccc2)C(C(=O)OC(C)OCCCCCC(=O)c2ccccc2)C1. The summed E-state index contributed by atoms with van der Waals surface area (Å²) in [7, 11) is 0. The van der Waals surface area contributed by atoms with Crippen LogP contribution in [0.15, 0.2) is 127 Å². The molecule has 15 nitrogen and oxygen atoms in total. The Bertz CT molecular complexity index is 2690. The second kappa shape index (κ2) is 56.1. The minimum Gasteiger partial charge on any atom is -0.502 e. The van der Waals surface area contributed by atoms with E-state index in [4.69, 9.17) is 33.5 Å². The molecule has 0 saturated carbocycles. The van der Waals surface area contributed by atoms with E-state index in [2.05, 4.69) is 32.6 Å². The second-order valence-electron chi connectivity index (χ2n) is 26.6. The fourth-order valence-corrected chi connectivity index (χ4v) is 12.5. The Morgan fingerprint density at radius 3 is 1.36 bits per heavy atom. The first kappa shape index (κ1) is 85.5. The fourth-order valence-electron chi connectivity index (χ4n) is 12.5. The Labute approximate surface area is 589 Å². The Kier molecular flexibility index (Phi) is 48.9. The normalized spacial score (nSPS) is 16.2. The van der Waals surface area contributed by atoms with E-state index in [0.717, 1.165) is 178 Å². The highest BCUT2D eigenvalue weighted by atomic mass is 16.7. The lowest BCUT2D eigenvalue weighted by Crippen LogP contribution is -2.32. The highest BCUT2D eigenvalue weighted by Gasteiger charge is 2.34. The van der Waals surface area contributed by atoms with Crippen molar-refractivity contribution >= 4 is 41.4 Å². The third-order valence-electron chi connectivity index (χ3n) is 18.4.